The second-order valence-corrected chi connectivity index (χ2v) is 5.56. The molecule has 0 N–H and O–H groups in total. The van der Waals surface area contributed by atoms with E-state index in [0.717, 1.165) is 31.1 Å². The van der Waals surface area contributed by atoms with E-state index in [9.17, 15) is 0 Å². The van der Waals surface area contributed by atoms with Crippen LogP contribution in [0.25, 0.3) is 0 Å². The van der Waals surface area contributed by atoms with E-state index in [1.165, 1.54) is 51.6 Å². The van der Waals surface area contributed by atoms with Gasteiger partial charge in [-0.05, 0) is 44.6 Å². The van der Waals surface area contributed by atoms with Gasteiger partial charge < -0.3 is 9.64 Å². The van der Waals surface area contributed by atoms with Crippen LogP contribution in [0.4, 0.5) is 0 Å². The number of hydrogen-bond donors (Lipinski definition) is 0. The van der Waals surface area contributed by atoms with Crippen LogP contribution >= 0.6 is 11.6 Å². The first-order valence-electron chi connectivity index (χ1n) is 6.78. The Bertz CT molecular complexity index is 192. The topological polar surface area (TPSA) is 12.5 Å². The summed E-state index contributed by atoms with van der Waals surface area (Å²) in [6.07, 6.45) is 7.81. The SMILES string of the molecule is ClCCC1CCCCN1CC1CCOCC1. The fourth-order valence-electron chi connectivity index (χ4n) is 3.01. The van der Waals surface area contributed by atoms with Crippen LogP contribution in [0, 0.1) is 5.92 Å². The van der Waals surface area contributed by atoms with Gasteiger partial charge in [0.15, 0.2) is 0 Å². The van der Waals surface area contributed by atoms with Crippen LogP contribution in [-0.2, 0) is 4.74 Å². The van der Waals surface area contributed by atoms with Gasteiger partial charge in [0.25, 0.3) is 0 Å². The molecule has 0 aromatic carbocycles. The predicted molar refractivity (Wildman–Crippen MR) is 68.1 cm³/mol. The Morgan fingerprint density at radius 2 is 1.94 bits per heavy atom. The first kappa shape index (κ1) is 12.7. The smallest absolute Gasteiger partial charge is 0.0469 e. The van der Waals surface area contributed by atoms with Gasteiger partial charge in [0, 0.05) is 31.7 Å². The summed E-state index contributed by atoms with van der Waals surface area (Å²) in [5, 5.41) is 0. The third kappa shape index (κ3) is 3.61. The Morgan fingerprint density at radius 1 is 1.12 bits per heavy atom. The van der Waals surface area contributed by atoms with E-state index in [1.54, 1.807) is 0 Å². The average Bonchev–Trinajstić information content (AvgIpc) is 2.33. The molecule has 0 amide bonds. The standard InChI is InChI=1S/C13H24ClNO/c14-7-4-13-3-1-2-8-15(13)11-12-5-9-16-10-6-12/h12-13H,1-11H2. The van der Waals surface area contributed by atoms with Crippen LogP contribution in [0.5, 0.6) is 0 Å². The van der Waals surface area contributed by atoms with Crippen molar-refractivity contribution in [2.75, 3.05) is 32.2 Å². The zero-order chi connectivity index (χ0) is 11.2. The number of halogens is 1. The highest BCUT2D eigenvalue weighted by atomic mass is 35.5. The summed E-state index contributed by atoms with van der Waals surface area (Å²) in [5.41, 5.74) is 0. The molecule has 0 aliphatic carbocycles. The third-order valence-corrected chi connectivity index (χ3v) is 4.24. The van der Waals surface area contributed by atoms with Crippen LogP contribution in [0.15, 0.2) is 0 Å². The lowest BCUT2D eigenvalue weighted by Gasteiger charge is -2.38. The molecule has 0 spiro atoms. The van der Waals surface area contributed by atoms with Gasteiger partial charge in [-0.1, -0.05) is 6.42 Å². The molecular weight excluding hydrogens is 222 g/mol. The zero-order valence-corrected chi connectivity index (χ0v) is 10.9. The maximum atomic E-state index is 5.90. The summed E-state index contributed by atoms with van der Waals surface area (Å²) in [6, 6.07) is 0.758. The molecule has 0 bridgehead atoms. The summed E-state index contributed by atoms with van der Waals surface area (Å²) in [7, 11) is 0. The molecule has 1 atom stereocenters. The van der Waals surface area contributed by atoms with Gasteiger partial charge in [-0.2, -0.15) is 0 Å². The quantitative estimate of drug-likeness (QED) is 0.707. The van der Waals surface area contributed by atoms with Crippen molar-refractivity contribution in [3.8, 4) is 0 Å². The van der Waals surface area contributed by atoms with Crippen LogP contribution < -0.4 is 0 Å². The molecule has 1 unspecified atom stereocenters. The van der Waals surface area contributed by atoms with Crippen molar-refractivity contribution < 1.29 is 4.74 Å². The second-order valence-electron chi connectivity index (χ2n) is 5.18. The Labute approximate surface area is 104 Å². The number of hydrogen-bond acceptors (Lipinski definition) is 2. The number of rotatable bonds is 4. The van der Waals surface area contributed by atoms with Crippen LogP contribution in [0.3, 0.4) is 0 Å². The van der Waals surface area contributed by atoms with Crippen LogP contribution in [0.1, 0.15) is 38.5 Å². The van der Waals surface area contributed by atoms with Gasteiger partial charge in [0.1, 0.15) is 0 Å². The number of ether oxygens (including phenoxy) is 1. The van der Waals surface area contributed by atoms with Crippen LogP contribution in [0.2, 0.25) is 0 Å². The molecule has 0 radical (unpaired) electrons. The van der Waals surface area contributed by atoms with E-state index in [2.05, 4.69) is 4.90 Å². The van der Waals surface area contributed by atoms with E-state index < -0.39 is 0 Å². The molecule has 2 fully saturated rings. The number of likely N-dealkylation sites (tertiary alicyclic amines) is 1. The maximum absolute atomic E-state index is 5.90. The summed E-state index contributed by atoms with van der Waals surface area (Å²) >= 11 is 5.90. The Kier molecular flexibility index (Phi) is 5.40. The maximum Gasteiger partial charge on any atom is 0.0469 e. The van der Waals surface area contributed by atoms with E-state index in [1.807, 2.05) is 0 Å². The highest BCUT2D eigenvalue weighted by molar-refractivity contribution is 6.17. The van der Waals surface area contributed by atoms with E-state index in [4.69, 9.17) is 16.3 Å². The van der Waals surface area contributed by atoms with Crippen molar-refractivity contribution >= 4 is 11.6 Å². The molecule has 2 saturated heterocycles. The lowest BCUT2D eigenvalue weighted by atomic mass is 9.94. The molecular formula is C13H24ClNO. The Hall–Kier alpha value is 0.210. The molecule has 3 heteroatoms. The summed E-state index contributed by atoms with van der Waals surface area (Å²) in [5.74, 6) is 1.68. The van der Waals surface area contributed by atoms with Crippen molar-refractivity contribution in [2.24, 2.45) is 5.92 Å². The Morgan fingerprint density at radius 3 is 2.69 bits per heavy atom. The lowest BCUT2D eigenvalue weighted by Crippen LogP contribution is -2.43. The van der Waals surface area contributed by atoms with Gasteiger partial charge >= 0.3 is 0 Å². The molecule has 2 rings (SSSR count). The molecule has 94 valence electrons. The lowest BCUT2D eigenvalue weighted by molar-refractivity contribution is 0.0381. The normalized spacial score (nSPS) is 29.4. The number of nitrogens with zero attached hydrogens (tertiary/aromatic N) is 1. The molecule has 0 aromatic rings. The largest absolute Gasteiger partial charge is 0.381 e. The summed E-state index contributed by atoms with van der Waals surface area (Å²) in [4.78, 5) is 2.70. The van der Waals surface area contributed by atoms with E-state index in [-0.39, 0.29) is 0 Å². The molecule has 0 aromatic heterocycles. The summed E-state index contributed by atoms with van der Waals surface area (Å²) in [6.45, 7) is 4.52. The monoisotopic (exact) mass is 245 g/mol. The molecule has 0 saturated carbocycles. The van der Waals surface area contributed by atoms with E-state index >= 15 is 0 Å². The summed E-state index contributed by atoms with van der Waals surface area (Å²) < 4.78 is 5.42. The zero-order valence-electron chi connectivity index (χ0n) is 10.2. The van der Waals surface area contributed by atoms with Crippen molar-refractivity contribution in [3.63, 3.8) is 0 Å². The Balaban J connectivity index is 1.80. The highest BCUT2D eigenvalue weighted by Gasteiger charge is 2.25. The number of piperidine rings is 1. The molecule has 2 aliphatic heterocycles. The fourth-order valence-corrected chi connectivity index (χ4v) is 3.27. The van der Waals surface area contributed by atoms with Gasteiger partial charge in [0.05, 0.1) is 0 Å². The second kappa shape index (κ2) is 6.83. The van der Waals surface area contributed by atoms with Crippen molar-refractivity contribution in [1.82, 2.24) is 4.90 Å². The van der Waals surface area contributed by atoms with Crippen molar-refractivity contribution in [3.05, 3.63) is 0 Å². The third-order valence-electron chi connectivity index (χ3n) is 4.02. The fraction of sp³-hybridized carbons (Fsp3) is 1.00. The van der Waals surface area contributed by atoms with Crippen molar-refractivity contribution in [2.45, 2.75) is 44.6 Å². The molecule has 2 heterocycles. The predicted octanol–water partition coefficient (Wildman–Crippen LogP) is 2.90. The van der Waals surface area contributed by atoms with E-state index in [0.29, 0.717) is 0 Å². The van der Waals surface area contributed by atoms with Gasteiger partial charge in [-0.25, -0.2) is 0 Å². The van der Waals surface area contributed by atoms with Crippen LogP contribution in [-0.4, -0.2) is 43.1 Å². The van der Waals surface area contributed by atoms with Gasteiger partial charge in [-0.15, -0.1) is 11.6 Å². The minimum atomic E-state index is 0.758. The number of alkyl halides is 1. The first-order valence-corrected chi connectivity index (χ1v) is 7.31. The molecule has 16 heavy (non-hydrogen) atoms. The minimum Gasteiger partial charge on any atom is -0.381 e. The minimum absolute atomic E-state index is 0.758. The van der Waals surface area contributed by atoms with Crippen molar-refractivity contribution in [1.29, 1.82) is 0 Å². The highest BCUT2D eigenvalue weighted by Crippen LogP contribution is 2.24. The molecule has 2 nitrogen and oxygen atoms in total. The van der Waals surface area contributed by atoms with Gasteiger partial charge in [0.2, 0.25) is 0 Å². The average molecular weight is 246 g/mol. The van der Waals surface area contributed by atoms with Gasteiger partial charge in [-0.3, -0.25) is 0 Å². The first-order chi connectivity index (χ1) is 7.90. The molecule has 2 aliphatic rings.